The first-order valence-electron chi connectivity index (χ1n) is 13.4. The van der Waals surface area contributed by atoms with E-state index in [1.807, 2.05) is 12.3 Å². The van der Waals surface area contributed by atoms with Gasteiger partial charge in [0, 0.05) is 50.2 Å². The Kier molecular flexibility index (Phi) is 7.07. The van der Waals surface area contributed by atoms with Gasteiger partial charge in [0.15, 0.2) is 0 Å². The zero-order chi connectivity index (χ0) is 27.1. The maximum Gasteiger partial charge on any atom is 0.416 e. The predicted octanol–water partition coefficient (Wildman–Crippen LogP) is 2.76. The highest BCUT2D eigenvalue weighted by Gasteiger charge is 2.41. The molecule has 0 bridgehead atoms. The van der Waals surface area contributed by atoms with E-state index in [-0.39, 0.29) is 48.9 Å². The molecule has 2 fully saturated rings. The van der Waals surface area contributed by atoms with Crippen molar-refractivity contribution in [3.05, 3.63) is 64.5 Å². The third-order valence-corrected chi connectivity index (χ3v) is 8.31. The first-order chi connectivity index (χ1) is 18.8. The molecule has 0 saturated carbocycles. The molecule has 1 N–H and O–H groups in total. The Balaban J connectivity index is 1.13. The molecule has 8 nitrogen and oxygen atoms in total. The van der Waals surface area contributed by atoms with Crippen LogP contribution < -0.4 is 5.32 Å². The van der Waals surface area contributed by atoms with Crippen molar-refractivity contribution in [2.24, 2.45) is 0 Å². The van der Waals surface area contributed by atoms with Gasteiger partial charge in [0.1, 0.15) is 0 Å². The Hall–Kier alpha value is -3.02. The van der Waals surface area contributed by atoms with Crippen molar-refractivity contribution in [3.8, 4) is 0 Å². The van der Waals surface area contributed by atoms with E-state index in [9.17, 15) is 22.8 Å². The van der Waals surface area contributed by atoms with Crippen molar-refractivity contribution in [3.63, 3.8) is 0 Å². The fourth-order valence-electron chi connectivity index (χ4n) is 6.22. The number of ether oxygens (including phenoxy) is 2. The number of rotatable bonds is 6. The quantitative estimate of drug-likeness (QED) is 0.603. The van der Waals surface area contributed by atoms with Crippen molar-refractivity contribution in [2.45, 2.75) is 56.2 Å². The molecule has 39 heavy (non-hydrogen) atoms. The molecule has 11 heteroatoms. The summed E-state index contributed by atoms with van der Waals surface area (Å²) in [5.41, 5.74) is 2.02. The van der Waals surface area contributed by atoms with E-state index in [0.29, 0.717) is 38.3 Å². The number of nitrogens with zero attached hydrogens (tertiary/aromatic N) is 3. The van der Waals surface area contributed by atoms with Crippen LogP contribution in [0.3, 0.4) is 0 Å². The molecule has 208 valence electrons. The van der Waals surface area contributed by atoms with Crippen LogP contribution in [0, 0.1) is 0 Å². The Labute approximate surface area is 224 Å². The summed E-state index contributed by atoms with van der Waals surface area (Å²) < 4.78 is 51.8. The van der Waals surface area contributed by atoms with Gasteiger partial charge < -0.3 is 19.7 Å². The number of amides is 2. The number of likely N-dealkylation sites (tertiary alicyclic amines) is 1. The van der Waals surface area contributed by atoms with E-state index >= 15 is 0 Å². The molecule has 1 aromatic heterocycles. The van der Waals surface area contributed by atoms with Gasteiger partial charge in [-0.3, -0.25) is 19.5 Å². The molecule has 4 atom stereocenters. The lowest BCUT2D eigenvalue weighted by molar-refractivity contribution is -0.137. The largest absolute Gasteiger partial charge is 0.416 e. The number of benzene rings is 1. The van der Waals surface area contributed by atoms with Gasteiger partial charge in [-0.1, -0.05) is 6.07 Å². The van der Waals surface area contributed by atoms with E-state index in [1.165, 1.54) is 16.5 Å². The van der Waals surface area contributed by atoms with Gasteiger partial charge in [-0.15, -0.1) is 0 Å². The minimum absolute atomic E-state index is 0.00717. The first kappa shape index (κ1) is 26.2. The minimum Gasteiger partial charge on any atom is -0.380 e. The number of aromatic nitrogens is 1. The molecule has 6 rings (SSSR count). The van der Waals surface area contributed by atoms with Gasteiger partial charge >= 0.3 is 6.18 Å². The number of nitrogens with one attached hydrogen (secondary N) is 1. The summed E-state index contributed by atoms with van der Waals surface area (Å²) in [6.45, 7) is 2.67. The Morgan fingerprint density at radius 2 is 2.03 bits per heavy atom. The molecule has 4 aliphatic rings. The summed E-state index contributed by atoms with van der Waals surface area (Å²) in [5.74, 6) is -0.907. The molecule has 3 aliphatic heterocycles. The van der Waals surface area contributed by atoms with E-state index in [4.69, 9.17) is 9.47 Å². The van der Waals surface area contributed by atoms with Crippen LogP contribution in [0.1, 0.15) is 51.6 Å². The van der Waals surface area contributed by atoms with Gasteiger partial charge in [-0.2, -0.15) is 13.2 Å². The van der Waals surface area contributed by atoms with E-state index < -0.39 is 17.6 Å². The third kappa shape index (κ3) is 5.39. The molecule has 2 saturated heterocycles. The number of carbonyl (C=O) groups excluding carboxylic acids is 2. The lowest BCUT2D eigenvalue weighted by atomic mass is 9.96. The van der Waals surface area contributed by atoms with Gasteiger partial charge in [0.25, 0.3) is 5.91 Å². The van der Waals surface area contributed by atoms with Crippen molar-refractivity contribution >= 4 is 11.8 Å². The summed E-state index contributed by atoms with van der Waals surface area (Å²) in [7, 11) is 0. The molecule has 0 radical (unpaired) electrons. The normalized spacial score (nSPS) is 27.1. The smallest absolute Gasteiger partial charge is 0.380 e. The molecular formula is C28H31F3N4O4. The number of hydrogen-bond donors (Lipinski definition) is 1. The molecule has 0 spiro atoms. The topological polar surface area (TPSA) is 84.0 Å². The van der Waals surface area contributed by atoms with E-state index in [0.717, 1.165) is 37.0 Å². The van der Waals surface area contributed by atoms with Crippen LogP contribution in [0.25, 0.3) is 0 Å². The van der Waals surface area contributed by atoms with Crippen molar-refractivity contribution < 1.29 is 32.2 Å². The van der Waals surface area contributed by atoms with Crippen LogP contribution in [0.15, 0.2) is 36.7 Å². The molecule has 4 heterocycles. The Bertz CT molecular complexity index is 1250. The second-order valence-electron chi connectivity index (χ2n) is 10.8. The average Bonchev–Trinajstić information content (AvgIpc) is 3.66. The third-order valence-electron chi connectivity index (χ3n) is 8.31. The molecule has 2 amide bonds. The maximum absolute atomic E-state index is 13.2. The van der Waals surface area contributed by atoms with Crippen molar-refractivity contribution in [1.29, 1.82) is 0 Å². The number of aryl methyl sites for hydroxylation is 1. The number of alkyl halides is 3. The Morgan fingerprint density at radius 1 is 1.15 bits per heavy atom. The maximum atomic E-state index is 13.2. The number of halogens is 3. The Morgan fingerprint density at radius 3 is 2.82 bits per heavy atom. The van der Waals surface area contributed by atoms with E-state index in [1.54, 1.807) is 6.20 Å². The summed E-state index contributed by atoms with van der Waals surface area (Å²) in [6.07, 6.45) is 1.85. The zero-order valence-corrected chi connectivity index (χ0v) is 21.5. The van der Waals surface area contributed by atoms with Crippen LogP contribution in [0.5, 0.6) is 0 Å². The summed E-state index contributed by atoms with van der Waals surface area (Å²) in [5, 5.41) is 3.08. The van der Waals surface area contributed by atoms with Crippen LogP contribution >= 0.6 is 0 Å². The number of hydrogen-bond acceptors (Lipinski definition) is 6. The second kappa shape index (κ2) is 10.5. The summed E-state index contributed by atoms with van der Waals surface area (Å²) in [4.78, 5) is 34.0. The van der Waals surface area contributed by atoms with Crippen LogP contribution in [0.2, 0.25) is 0 Å². The van der Waals surface area contributed by atoms with E-state index in [2.05, 4.69) is 15.2 Å². The SMILES string of the molecule is O=C(CN1CCc2ccc(C(F)(F)F)cc2C1=O)NC1CN(C2CCOC2)C[C@@H]1OC1CCc2cnccc21. The van der Waals surface area contributed by atoms with Crippen molar-refractivity contribution in [2.75, 3.05) is 39.4 Å². The lowest BCUT2D eigenvalue weighted by Gasteiger charge is -2.30. The average molecular weight is 545 g/mol. The van der Waals surface area contributed by atoms with Crippen LogP contribution in [-0.2, 0) is 33.3 Å². The highest BCUT2D eigenvalue weighted by Crippen LogP contribution is 2.36. The van der Waals surface area contributed by atoms with Crippen LogP contribution in [-0.4, -0.2) is 84.2 Å². The number of carbonyl (C=O) groups is 2. The molecule has 1 aromatic carbocycles. The predicted molar refractivity (Wildman–Crippen MR) is 134 cm³/mol. The number of fused-ring (bicyclic) bond motifs is 2. The van der Waals surface area contributed by atoms with Crippen molar-refractivity contribution in [1.82, 2.24) is 20.1 Å². The van der Waals surface area contributed by atoms with Gasteiger partial charge in [0.2, 0.25) is 5.91 Å². The molecule has 3 unspecified atom stereocenters. The lowest BCUT2D eigenvalue weighted by Crippen LogP contribution is -2.50. The molecular weight excluding hydrogens is 513 g/mol. The van der Waals surface area contributed by atoms with Gasteiger partial charge in [-0.05, 0) is 60.6 Å². The number of pyridine rings is 1. The highest BCUT2D eigenvalue weighted by molar-refractivity contribution is 5.99. The van der Waals surface area contributed by atoms with Gasteiger partial charge in [0.05, 0.1) is 37.0 Å². The summed E-state index contributed by atoms with van der Waals surface area (Å²) >= 11 is 0. The fraction of sp³-hybridized carbons (Fsp3) is 0.536. The monoisotopic (exact) mass is 544 g/mol. The zero-order valence-electron chi connectivity index (χ0n) is 21.5. The van der Waals surface area contributed by atoms with Gasteiger partial charge in [-0.25, -0.2) is 0 Å². The fourth-order valence-corrected chi connectivity index (χ4v) is 6.22. The standard InChI is InChI=1S/C28H31F3N4O4/c29-28(30,31)19-3-1-17-6-9-34(27(37)22(17)11-19)15-26(36)33-23-13-35(20-7-10-38-16-20)14-25(23)39-24-4-2-18-12-32-8-5-21(18)24/h1,3,5,8,11-12,20,23-25H,2,4,6-7,9-10,13-16H2,(H,33,36)/t20?,23?,24?,25-/m0/s1. The first-order valence-corrected chi connectivity index (χ1v) is 13.4. The second-order valence-corrected chi connectivity index (χ2v) is 10.8. The molecule has 1 aliphatic carbocycles. The summed E-state index contributed by atoms with van der Waals surface area (Å²) in [6, 6.07) is 5.21. The highest BCUT2D eigenvalue weighted by atomic mass is 19.4. The minimum atomic E-state index is -4.54. The van der Waals surface area contributed by atoms with Crippen LogP contribution in [0.4, 0.5) is 13.2 Å². The molecule has 2 aromatic rings.